The van der Waals surface area contributed by atoms with E-state index in [-0.39, 0.29) is 24.2 Å². The van der Waals surface area contributed by atoms with E-state index in [1.807, 2.05) is 31.2 Å². The summed E-state index contributed by atoms with van der Waals surface area (Å²) in [5.74, 6) is -1.32. The molecule has 3 aromatic rings. The Bertz CT molecular complexity index is 1280. The third-order valence-corrected chi connectivity index (χ3v) is 5.39. The molecule has 0 radical (unpaired) electrons. The number of esters is 1. The van der Waals surface area contributed by atoms with E-state index in [1.165, 1.54) is 31.4 Å². The van der Waals surface area contributed by atoms with Gasteiger partial charge in [-0.25, -0.2) is 9.48 Å². The molecule has 1 aliphatic rings. The van der Waals surface area contributed by atoms with Gasteiger partial charge in [-0.05, 0) is 55.3 Å². The minimum Gasteiger partial charge on any atom is -0.465 e. The van der Waals surface area contributed by atoms with E-state index in [0.717, 1.165) is 22.4 Å². The third-order valence-electron chi connectivity index (χ3n) is 5.39. The zero-order valence-electron chi connectivity index (χ0n) is 18.1. The first-order valence-electron chi connectivity index (χ1n) is 10.3. The molecule has 33 heavy (non-hydrogen) atoms. The molecule has 1 atom stereocenters. The predicted molar refractivity (Wildman–Crippen MR) is 121 cm³/mol. The molecule has 0 fully saturated rings. The topological polar surface area (TPSA) is 111 Å². The molecule has 1 N–H and O–H groups in total. The van der Waals surface area contributed by atoms with Crippen LogP contribution in [0.2, 0.25) is 0 Å². The highest BCUT2D eigenvalue weighted by Gasteiger charge is 2.32. The molecule has 9 heteroatoms. The number of ether oxygens (including phenoxy) is 1. The molecule has 0 aliphatic carbocycles. The Morgan fingerprint density at radius 1 is 1.06 bits per heavy atom. The van der Waals surface area contributed by atoms with Gasteiger partial charge in [0, 0.05) is 23.5 Å². The van der Waals surface area contributed by atoms with Crippen molar-refractivity contribution in [2.45, 2.75) is 25.9 Å². The minimum atomic E-state index is -0.502. The lowest BCUT2D eigenvalue weighted by Gasteiger charge is -2.22. The van der Waals surface area contributed by atoms with E-state index in [0.29, 0.717) is 11.3 Å². The molecule has 0 saturated heterocycles. The van der Waals surface area contributed by atoms with E-state index in [1.54, 1.807) is 17.0 Å². The molecule has 0 unspecified atom stereocenters. The van der Waals surface area contributed by atoms with Crippen LogP contribution in [0.3, 0.4) is 0 Å². The number of nitrogens with one attached hydrogen (secondary N) is 1. The Morgan fingerprint density at radius 3 is 2.52 bits per heavy atom. The number of amides is 2. The van der Waals surface area contributed by atoms with Crippen molar-refractivity contribution < 1.29 is 19.1 Å². The smallest absolute Gasteiger partial charge is 0.337 e. The average molecular weight is 446 g/mol. The van der Waals surface area contributed by atoms with Crippen LogP contribution in [-0.2, 0) is 22.5 Å². The molecule has 2 aromatic carbocycles. The van der Waals surface area contributed by atoms with Crippen LogP contribution in [0.15, 0.2) is 65.5 Å². The van der Waals surface area contributed by atoms with Crippen LogP contribution >= 0.6 is 0 Å². The number of methoxy groups -OCH3 is 1. The van der Waals surface area contributed by atoms with Crippen LogP contribution < -0.4 is 15.8 Å². The second-order valence-electron chi connectivity index (χ2n) is 7.69. The molecule has 168 valence electrons. The number of carbonyl (C=O) groups excluding carboxylic acids is 3. The number of benzene rings is 2. The number of carbonyl (C=O) groups is 3. The summed E-state index contributed by atoms with van der Waals surface area (Å²) < 4.78 is 5.60. The first-order chi connectivity index (χ1) is 15.9. The maximum atomic E-state index is 13.2. The zero-order valence-corrected chi connectivity index (χ0v) is 18.1. The summed E-state index contributed by atoms with van der Waals surface area (Å²) in [7, 11) is 1.28. The highest BCUT2D eigenvalue weighted by molar-refractivity contribution is 6.06. The lowest BCUT2D eigenvalue weighted by atomic mass is 10.1. The highest BCUT2D eigenvalue weighted by atomic mass is 16.5. The fourth-order valence-corrected chi connectivity index (χ4v) is 3.82. The zero-order chi connectivity index (χ0) is 23.5. The molecule has 2 heterocycles. The standard InChI is InChI=1S/C24H22N4O5/c1-15-13-17-5-3-4-6-20(17)28(15)23(31)19-11-12-22(30)27(26-19)14-21(29)25-18-9-7-16(8-10-18)24(32)33-2/h3-12,15H,13-14H2,1-2H3,(H,25,29)/t15-/m0/s1. The maximum Gasteiger partial charge on any atom is 0.337 e. The predicted octanol–water partition coefficient (Wildman–Crippen LogP) is 2.26. The number of anilines is 2. The normalized spacial score (nSPS) is 14.5. The Morgan fingerprint density at radius 2 is 1.79 bits per heavy atom. The van der Waals surface area contributed by atoms with Gasteiger partial charge in [-0.1, -0.05) is 18.2 Å². The highest BCUT2D eigenvalue weighted by Crippen LogP contribution is 2.32. The van der Waals surface area contributed by atoms with Gasteiger partial charge in [0.05, 0.1) is 12.7 Å². The number of hydrogen-bond donors (Lipinski definition) is 1. The molecule has 4 rings (SSSR count). The summed E-state index contributed by atoms with van der Waals surface area (Å²) in [6.07, 6.45) is 0.735. The van der Waals surface area contributed by atoms with Crippen molar-refractivity contribution in [2.75, 3.05) is 17.3 Å². The summed E-state index contributed by atoms with van der Waals surface area (Å²) in [5.41, 5.74) is 2.26. The number of rotatable bonds is 5. The quantitative estimate of drug-likeness (QED) is 0.602. The maximum absolute atomic E-state index is 13.2. The molecule has 0 saturated carbocycles. The lowest BCUT2D eigenvalue weighted by Crippen LogP contribution is -2.38. The van der Waals surface area contributed by atoms with Crippen molar-refractivity contribution in [1.82, 2.24) is 9.78 Å². The van der Waals surface area contributed by atoms with Crippen molar-refractivity contribution in [3.05, 3.63) is 87.8 Å². The number of nitrogens with zero attached hydrogens (tertiary/aromatic N) is 3. The van der Waals surface area contributed by atoms with Gasteiger partial charge in [-0.15, -0.1) is 0 Å². The molecule has 1 aromatic heterocycles. The van der Waals surface area contributed by atoms with Crippen molar-refractivity contribution in [3.8, 4) is 0 Å². The SMILES string of the molecule is COC(=O)c1ccc(NC(=O)Cn2nc(C(=O)N3c4ccccc4C[C@@H]3C)ccc2=O)cc1. The van der Waals surface area contributed by atoms with Crippen molar-refractivity contribution in [2.24, 2.45) is 0 Å². The summed E-state index contributed by atoms with van der Waals surface area (Å²) in [4.78, 5) is 51.1. The second kappa shape index (κ2) is 9.07. The van der Waals surface area contributed by atoms with Gasteiger partial charge in [0.25, 0.3) is 11.5 Å². The van der Waals surface area contributed by atoms with Crippen molar-refractivity contribution >= 4 is 29.2 Å². The van der Waals surface area contributed by atoms with Gasteiger partial charge in [-0.3, -0.25) is 14.4 Å². The Kier molecular flexibility index (Phi) is 6.03. The van der Waals surface area contributed by atoms with E-state index in [2.05, 4.69) is 15.2 Å². The molecule has 0 spiro atoms. The van der Waals surface area contributed by atoms with Crippen LogP contribution in [-0.4, -0.2) is 40.7 Å². The monoisotopic (exact) mass is 446 g/mol. The molecular weight excluding hydrogens is 424 g/mol. The summed E-state index contributed by atoms with van der Waals surface area (Å²) >= 11 is 0. The van der Waals surface area contributed by atoms with Gasteiger partial charge in [-0.2, -0.15) is 5.10 Å². The van der Waals surface area contributed by atoms with E-state index in [4.69, 9.17) is 0 Å². The number of aromatic nitrogens is 2. The molecule has 9 nitrogen and oxygen atoms in total. The molecular formula is C24H22N4O5. The lowest BCUT2D eigenvalue weighted by molar-refractivity contribution is -0.117. The Balaban J connectivity index is 1.50. The van der Waals surface area contributed by atoms with E-state index >= 15 is 0 Å². The van der Waals surface area contributed by atoms with Gasteiger partial charge in [0.2, 0.25) is 5.91 Å². The van der Waals surface area contributed by atoms with Gasteiger partial charge in [0.15, 0.2) is 0 Å². The van der Waals surface area contributed by atoms with Crippen LogP contribution in [0.25, 0.3) is 0 Å². The van der Waals surface area contributed by atoms with Crippen LogP contribution in [0, 0.1) is 0 Å². The average Bonchev–Trinajstić information content (AvgIpc) is 3.15. The first-order valence-corrected chi connectivity index (χ1v) is 10.3. The van der Waals surface area contributed by atoms with Crippen LogP contribution in [0.4, 0.5) is 11.4 Å². The Hall–Kier alpha value is -4.27. The largest absolute Gasteiger partial charge is 0.465 e. The summed E-state index contributed by atoms with van der Waals surface area (Å²) in [6, 6.07) is 16.3. The molecule has 1 aliphatic heterocycles. The van der Waals surface area contributed by atoms with E-state index < -0.39 is 17.4 Å². The fraction of sp³-hybridized carbons (Fsp3) is 0.208. The third kappa shape index (κ3) is 4.52. The van der Waals surface area contributed by atoms with Crippen LogP contribution in [0.5, 0.6) is 0 Å². The Labute approximate surface area is 189 Å². The number of para-hydroxylation sites is 1. The van der Waals surface area contributed by atoms with Crippen LogP contribution in [0.1, 0.15) is 33.3 Å². The van der Waals surface area contributed by atoms with Crippen molar-refractivity contribution in [3.63, 3.8) is 0 Å². The number of fused-ring (bicyclic) bond motifs is 1. The fourth-order valence-electron chi connectivity index (χ4n) is 3.82. The number of hydrogen-bond acceptors (Lipinski definition) is 6. The van der Waals surface area contributed by atoms with Gasteiger partial charge >= 0.3 is 5.97 Å². The summed E-state index contributed by atoms with van der Waals surface area (Å²) in [6.45, 7) is 1.58. The second-order valence-corrected chi connectivity index (χ2v) is 7.69. The summed E-state index contributed by atoms with van der Waals surface area (Å²) in [5, 5.41) is 6.78. The van der Waals surface area contributed by atoms with Crippen molar-refractivity contribution in [1.29, 1.82) is 0 Å². The minimum absolute atomic E-state index is 0.0478. The van der Waals surface area contributed by atoms with Gasteiger partial charge < -0.3 is 15.0 Å². The van der Waals surface area contributed by atoms with E-state index in [9.17, 15) is 19.2 Å². The molecule has 0 bridgehead atoms. The molecule has 2 amide bonds. The first kappa shape index (κ1) is 21.9. The van der Waals surface area contributed by atoms with Gasteiger partial charge in [0.1, 0.15) is 12.2 Å².